The number of quaternary nitrogens is 1. The number of benzene rings is 1. The van der Waals surface area contributed by atoms with E-state index >= 15 is 0 Å². The molecule has 0 radical (unpaired) electrons. The monoisotopic (exact) mass is 360 g/mol. The van der Waals surface area contributed by atoms with Gasteiger partial charge in [0.05, 0.1) is 18.0 Å². The summed E-state index contributed by atoms with van der Waals surface area (Å²) in [6.07, 6.45) is 1.12. The van der Waals surface area contributed by atoms with E-state index in [1.165, 1.54) is 0 Å². The van der Waals surface area contributed by atoms with Crippen molar-refractivity contribution in [2.45, 2.75) is 30.7 Å². The standard InChI is InChI=1S/C18H21N3O3S/c1-12-2-4-15(5-3-12)25(23,24)20-16-6-7-17-14-8-13(9-19-10-14)11-21(17)18(16)22/h2-7,13-14,19-20H,8-11H2,1H3/p+1/t13-,14+/m0/s1. The van der Waals surface area contributed by atoms with Crippen molar-refractivity contribution in [2.24, 2.45) is 5.92 Å². The minimum atomic E-state index is -3.77. The van der Waals surface area contributed by atoms with Crippen LogP contribution in [-0.2, 0) is 16.6 Å². The molecule has 3 heterocycles. The van der Waals surface area contributed by atoms with E-state index in [1.54, 1.807) is 34.9 Å². The maximum absolute atomic E-state index is 12.8. The molecule has 0 amide bonds. The number of sulfonamides is 1. The van der Waals surface area contributed by atoms with E-state index in [4.69, 9.17) is 0 Å². The van der Waals surface area contributed by atoms with Crippen molar-refractivity contribution in [3.8, 4) is 0 Å². The van der Waals surface area contributed by atoms with Gasteiger partial charge in [0.25, 0.3) is 15.6 Å². The Morgan fingerprint density at radius 2 is 1.88 bits per heavy atom. The van der Waals surface area contributed by atoms with Crippen LogP contribution in [0.5, 0.6) is 0 Å². The van der Waals surface area contributed by atoms with Gasteiger partial charge in [0, 0.05) is 24.1 Å². The van der Waals surface area contributed by atoms with Crippen molar-refractivity contribution in [1.82, 2.24) is 4.57 Å². The summed E-state index contributed by atoms with van der Waals surface area (Å²) in [5, 5.41) is 2.31. The predicted molar refractivity (Wildman–Crippen MR) is 95.2 cm³/mol. The second-order valence-electron chi connectivity index (χ2n) is 7.06. The Morgan fingerprint density at radius 3 is 2.64 bits per heavy atom. The van der Waals surface area contributed by atoms with Crippen LogP contribution in [0.25, 0.3) is 0 Å². The van der Waals surface area contributed by atoms with Gasteiger partial charge in [-0.3, -0.25) is 9.52 Å². The summed E-state index contributed by atoms with van der Waals surface area (Å²) in [5.74, 6) is 0.857. The second-order valence-corrected chi connectivity index (χ2v) is 8.75. The van der Waals surface area contributed by atoms with Crippen molar-refractivity contribution in [2.75, 3.05) is 17.8 Å². The summed E-state index contributed by atoms with van der Waals surface area (Å²) >= 11 is 0. The van der Waals surface area contributed by atoms with E-state index in [9.17, 15) is 13.2 Å². The van der Waals surface area contributed by atoms with E-state index in [0.717, 1.165) is 30.8 Å². The molecule has 1 aromatic heterocycles. The number of aromatic nitrogens is 1. The van der Waals surface area contributed by atoms with Crippen LogP contribution in [0.3, 0.4) is 0 Å². The van der Waals surface area contributed by atoms with Gasteiger partial charge in [0.15, 0.2) is 0 Å². The number of anilines is 1. The Bertz CT molecular complexity index is 964. The number of aryl methyl sites for hydroxylation is 1. The van der Waals surface area contributed by atoms with E-state index in [2.05, 4.69) is 10.0 Å². The van der Waals surface area contributed by atoms with Crippen LogP contribution in [-0.4, -0.2) is 26.1 Å². The number of rotatable bonds is 3. The zero-order valence-electron chi connectivity index (χ0n) is 14.1. The zero-order chi connectivity index (χ0) is 17.6. The average molecular weight is 360 g/mol. The van der Waals surface area contributed by atoms with Gasteiger partial charge >= 0.3 is 0 Å². The van der Waals surface area contributed by atoms with Gasteiger partial charge in [-0.15, -0.1) is 0 Å². The largest absolute Gasteiger partial charge is 0.345 e. The average Bonchev–Trinajstić information content (AvgIpc) is 2.58. The Balaban J connectivity index is 1.69. The molecule has 0 aliphatic carbocycles. The highest BCUT2D eigenvalue weighted by Crippen LogP contribution is 2.30. The van der Waals surface area contributed by atoms with Gasteiger partial charge in [-0.1, -0.05) is 17.7 Å². The fraction of sp³-hybridized carbons (Fsp3) is 0.389. The van der Waals surface area contributed by atoms with E-state index in [-0.39, 0.29) is 16.1 Å². The normalized spacial score (nSPS) is 22.3. The molecular formula is C18H22N3O3S+. The molecule has 0 unspecified atom stereocenters. The Morgan fingerprint density at radius 1 is 1.12 bits per heavy atom. The van der Waals surface area contributed by atoms with E-state index < -0.39 is 10.0 Å². The number of nitrogens with two attached hydrogens (primary N) is 1. The van der Waals surface area contributed by atoms with Gasteiger partial charge < -0.3 is 9.88 Å². The molecule has 6 nitrogen and oxygen atoms in total. The first-order valence-electron chi connectivity index (χ1n) is 8.59. The van der Waals surface area contributed by atoms with Crippen LogP contribution in [0.4, 0.5) is 5.69 Å². The van der Waals surface area contributed by atoms with Crippen LogP contribution >= 0.6 is 0 Å². The zero-order valence-corrected chi connectivity index (χ0v) is 14.9. The Labute approximate surface area is 146 Å². The number of piperidine rings is 1. The minimum Gasteiger partial charge on any atom is -0.345 e. The molecule has 4 rings (SSSR count). The highest BCUT2D eigenvalue weighted by atomic mass is 32.2. The first kappa shape index (κ1) is 16.4. The smallest absolute Gasteiger partial charge is 0.275 e. The summed E-state index contributed by atoms with van der Waals surface area (Å²) in [5.41, 5.74) is 1.88. The maximum atomic E-state index is 12.8. The summed E-state index contributed by atoms with van der Waals surface area (Å²) in [6.45, 7) is 4.58. The first-order valence-corrected chi connectivity index (χ1v) is 10.1. The molecule has 1 saturated heterocycles. The van der Waals surface area contributed by atoms with Crippen molar-refractivity contribution in [3.63, 3.8) is 0 Å². The Kier molecular flexibility index (Phi) is 3.92. The minimum absolute atomic E-state index is 0.119. The highest BCUT2D eigenvalue weighted by Gasteiger charge is 2.34. The molecule has 0 spiro atoms. The first-order chi connectivity index (χ1) is 11.9. The molecular weight excluding hydrogens is 338 g/mol. The second kappa shape index (κ2) is 6.00. The molecule has 2 aliphatic rings. The van der Waals surface area contributed by atoms with Crippen LogP contribution in [0.15, 0.2) is 46.1 Å². The number of hydrogen-bond donors (Lipinski definition) is 2. The molecule has 132 valence electrons. The van der Waals surface area contributed by atoms with Gasteiger partial charge in [-0.05, 0) is 37.6 Å². The van der Waals surface area contributed by atoms with E-state index in [1.807, 2.05) is 13.0 Å². The molecule has 25 heavy (non-hydrogen) atoms. The fourth-order valence-corrected chi connectivity index (χ4v) is 4.97. The molecule has 2 aliphatic heterocycles. The number of nitrogens with zero attached hydrogens (tertiary/aromatic N) is 1. The van der Waals surface area contributed by atoms with Crippen LogP contribution in [0.1, 0.15) is 23.6 Å². The van der Waals surface area contributed by atoms with Crippen molar-refractivity contribution in [3.05, 3.63) is 58.0 Å². The summed E-state index contributed by atoms with van der Waals surface area (Å²) in [7, 11) is -3.77. The third-order valence-corrected chi connectivity index (χ3v) is 6.59. The van der Waals surface area contributed by atoms with Crippen LogP contribution in [0, 0.1) is 12.8 Å². The van der Waals surface area contributed by atoms with Crippen molar-refractivity contribution in [1.29, 1.82) is 0 Å². The number of nitrogens with one attached hydrogen (secondary N) is 1. The summed E-state index contributed by atoms with van der Waals surface area (Å²) in [6, 6.07) is 10.1. The molecule has 2 aromatic rings. The van der Waals surface area contributed by atoms with E-state index in [0.29, 0.717) is 18.4 Å². The summed E-state index contributed by atoms with van der Waals surface area (Å²) in [4.78, 5) is 13.0. The highest BCUT2D eigenvalue weighted by molar-refractivity contribution is 7.92. The van der Waals surface area contributed by atoms with Gasteiger partial charge in [0.1, 0.15) is 5.69 Å². The number of fused-ring (bicyclic) bond motifs is 4. The number of hydrogen-bond acceptors (Lipinski definition) is 3. The fourth-order valence-electron chi connectivity index (χ4n) is 3.91. The lowest BCUT2D eigenvalue weighted by molar-refractivity contribution is -0.673. The molecule has 1 aromatic carbocycles. The lowest BCUT2D eigenvalue weighted by atomic mass is 9.84. The molecule has 1 fully saturated rings. The van der Waals surface area contributed by atoms with Gasteiger partial charge in [-0.25, -0.2) is 8.42 Å². The van der Waals surface area contributed by atoms with Crippen LogP contribution < -0.4 is 15.6 Å². The lowest BCUT2D eigenvalue weighted by Crippen LogP contribution is -2.89. The predicted octanol–water partition coefficient (Wildman–Crippen LogP) is 0.638. The Hall–Kier alpha value is -2.12. The van der Waals surface area contributed by atoms with Gasteiger partial charge in [0.2, 0.25) is 0 Å². The number of pyridine rings is 1. The maximum Gasteiger partial charge on any atom is 0.275 e. The van der Waals surface area contributed by atoms with Crippen molar-refractivity contribution >= 4 is 15.7 Å². The topological polar surface area (TPSA) is 84.8 Å². The molecule has 2 atom stereocenters. The molecule has 3 N–H and O–H groups in total. The molecule has 2 bridgehead atoms. The van der Waals surface area contributed by atoms with Crippen molar-refractivity contribution < 1.29 is 13.7 Å². The summed E-state index contributed by atoms with van der Waals surface area (Å²) < 4.78 is 29.4. The third kappa shape index (κ3) is 2.98. The van der Waals surface area contributed by atoms with Crippen LogP contribution in [0.2, 0.25) is 0 Å². The third-order valence-electron chi connectivity index (χ3n) is 5.21. The molecule has 0 saturated carbocycles. The quantitative estimate of drug-likeness (QED) is 0.842. The lowest BCUT2D eigenvalue weighted by Gasteiger charge is -2.35. The molecule has 7 heteroatoms. The SMILES string of the molecule is Cc1ccc(S(=O)(=O)Nc2ccc3n(c2=O)C[C@@H]2C[NH2+]C[C@H]3C2)cc1. The van der Waals surface area contributed by atoms with Gasteiger partial charge in [-0.2, -0.15) is 0 Å².